The molecule has 1 heterocycles. The number of aryl methyl sites for hydroxylation is 5. The Morgan fingerprint density at radius 2 is 0.552 bits per heavy atom. The summed E-state index contributed by atoms with van der Waals surface area (Å²) in [6.45, 7) is 51.5. The molecule has 0 saturated carbocycles. The number of rotatable bonds is 59. The molecule has 5 aromatic carbocycles. The van der Waals surface area contributed by atoms with Gasteiger partial charge in [0.1, 0.15) is 41.8 Å². The van der Waals surface area contributed by atoms with E-state index >= 15 is 0 Å². The Bertz CT molecular complexity index is 3050. The molecule has 0 saturated heterocycles. The number of fused-ring (bicyclic) bond motifs is 1. The minimum Gasteiger partial charge on any atom is -0.494 e. The summed E-state index contributed by atoms with van der Waals surface area (Å²) in [5.41, 5.74) is 6.20. The van der Waals surface area contributed by atoms with Crippen LogP contribution in [0.4, 0.5) is 0 Å². The monoisotopic (exact) mass is 1720 g/mol. The average molecular weight is 1720 g/mol. The van der Waals surface area contributed by atoms with Crippen molar-refractivity contribution in [3.05, 3.63) is 143 Å². The Morgan fingerprint density at radius 1 is 0.302 bits per heavy atom. The van der Waals surface area contributed by atoms with Gasteiger partial charge in [0.15, 0.2) is 24.6 Å². The van der Waals surface area contributed by atoms with Crippen molar-refractivity contribution >= 4 is 44.0 Å². The van der Waals surface area contributed by atoms with Crippen LogP contribution in [0.2, 0.25) is 30.2 Å². The fraction of sp³-hybridized carbons (Fsp3) is 0.659. The van der Waals surface area contributed by atoms with Gasteiger partial charge < -0.3 is 104 Å². The van der Waals surface area contributed by atoms with E-state index in [0.717, 1.165) is 129 Å². The van der Waals surface area contributed by atoms with E-state index < -0.39 is 44.0 Å². The fourth-order valence-corrected chi connectivity index (χ4v) is 25.7. The number of methoxy groups -OCH3 is 2. The van der Waals surface area contributed by atoms with Crippen LogP contribution < -0.4 is 28.4 Å². The van der Waals surface area contributed by atoms with E-state index in [1.54, 1.807) is 14.2 Å². The van der Waals surface area contributed by atoms with Gasteiger partial charge in [-0.15, -0.1) is 0 Å². The molecule has 6 rings (SSSR count). The highest BCUT2D eigenvalue weighted by Crippen LogP contribution is 2.33. The molecule has 1 atom stereocenters. The third-order valence-electron chi connectivity index (χ3n) is 17.2. The van der Waals surface area contributed by atoms with Gasteiger partial charge in [-0.05, 0) is 291 Å². The van der Waals surface area contributed by atoms with Crippen LogP contribution in [0.15, 0.2) is 115 Å². The lowest BCUT2D eigenvalue weighted by atomic mass is 10.1. The quantitative estimate of drug-likeness (QED) is 0.0261. The maximum absolute atomic E-state index is 5.90. The van der Waals surface area contributed by atoms with Crippen LogP contribution in [-0.2, 0) is 108 Å². The van der Waals surface area contributed by atoms with Crippen molar-refractivity contribution in [3.8, 4) is 34.5 Å². The van der Waals surface area contributed by atoms with E-state index in [1.807, 2.05) is 172 Å². The Hall–Kier alpha value is -4.70. The maximum Gasteiger partial charge on any atom is 0.500 e. The summed E-state index contributed by atoms with van der Waals surface area (Å²) in [4.78, 5) is 0. The molecule has 23 nitrogen and oxygen atoms in total. The van der Waals surface area contributed by atoms with E-state index in [-0.39, 0.29) is 18.7 Å². The number of hydrogen-bond acceptors (Lipinski definition) is 23. The molecule has 5 aromatic rings. The van der Waals surface area contributed by atoms with Gasteiger partial charge in [-0.2, -0.15) is 0 Å². The van der Waals surface area contributed by atoms with E-state index in [4.69, 9.17) is 104 Å². The Morgan fingerprint density at radius 3 is 0.810 bits per heavy atom. The zero-order chi connectivity index (χ0) is 85.7. The lowest BCUT2D eigenvalue weighted by molar-refractivity contribution is -0.0383. The Labute approximate surface area is 706 Å². The first kappa shape index (κ1) is 107. The van der Waals surface area contributed by atoms with Crippen molar-refractivity contribution in [2.45, 2.75) is 245 Å². The maximum atomic E-state index is 5.90. The molecule has 116 heavy (non-hydrogen) atoms. The summed E-state index contributed by atoms with van der Waals surface area (Å²) in [5, 5.41) is 0. The molecule has 1 aliphatic rings. The third kappa shape index (κ3) is 45.3. The van der Waals surface area contributed by atoms with E-state index in [1.165, 1.54) is 27.8 Å². The topological polar surface area (TPSA) is 212 Å². The molecule has 0 N–H and O–H groups in total. The smallest absolute Gasteiger partial charge is 0.494 e. The molecular weight excluding hydrogens is 1570 g/mol. The number of benzene rings is 5. The second kappa shape index (κ2) is 64.2. The van der Waals surface area contributed by atoms with Crippen LogP contribution in [0.5, 0.6) is 34.5 Å². The van der Waals surface area contributed by atoms with Gasteiger partial charge in [-0.25, -0.2) is 0 Å². The van der Waals surface area contributed by atoms with Gasteiger partial charge in [-0.3, -0.25) is 0 Å². The van der Waals surface area contributed by atoms with Crippen molar-refractivity contribution in [2.24, 2.45) is 0 Å². The second-order valence-corrected chi connectivity index (χ2v) is 41.0. The van der Waals surface area contributed by atoms with Crippen LogP contribution in [0.25, 0.3) is 0 Å². The summed E-state index contributed by atoms with van der Waals surface area (Å²) in [6, 6.07) is 43.2. The van der Waals surface area contributed by atoms with Crippen LogP contribution >= 0.6 is 0 Å². The average Bonchev–Trinajstić information content (AvgIpc) is 0.838. The SMILES string of the molecule is CCO[Si](CCCc1ccc(OC(C)(C)C)cc1)(OCC)OCC.CCO[Si](CCCc1ccc(OC(C)OC)cc1)(OCC)OCC.CCO[Si](CCCc1ccc(OCOC)cc1)(OCC)OCC.CCO[Si](CCCc1ccc2c(c1)OCCO2)(OCC)OCC.CCOc1ccc(CCC[Si](OCC)(OCC)OCC)cc1. The summed E-state index contributed by atoms with van der Waals surface area (Å²) < 4.78 is 132. The minimum atomic E-state index is -2.53. The molecular formula is C88H154O23Si5. The first-order valence-corrected chi connectivity index (χ1v) is 52.7. The molecule has 0 bridgehead atoms. The predicted octanol–water partition coefficient (Wildman–Crippen LogP) is 20.0. The molecule has 0 spiro atoms. The van der Waals surface area contributed by atoms with Gasteiger partial charge in [0, 0.05) is 144 Å². The third-order valence-corrected chi connectivity index (χ3v) is 33.0. The molecule has 28 heteroatoms. The Kier molecular flexibility index (Phi) is 59.4. The summed E-state index contributed by atoms with van der Waals surface area (Å²) in [7, 11) is -9.36. The zero-order valence-corrected chi connectivity index (χ0v) is 80.5. The molecule has 0 fully saturated rings. The molecule has 1 aliphatic heterocycles. The molecule has 0 aromatic heterocycles. The van der Waals surface area contributed by atoms with Gasteiger partial charge in [0.05, 0.1) is 6.61 Å². The van der Waals surface area contributed by atoms with Crippen LogP contribution in [0, 0.1) is 0 Å². The van der Waals surface area contributed by atoms with Gasteiger partial charge in [0.2, 0.25) is 0 Å². The zero-order valence-electron chi connectivity index (χ0n) is 75.5. The standard InChI is InChI=1S/C19H34O4Si.C18H32O5Si.C17H28O5Si.C17H30O5Si.C17H30O4Si/c1-7-20-24(21-8-2,22-9-3)16-10-11-17-12-14-18(15-13-17)23-19(4,5)6;1-6-20-24(21-7-2,22-8-3)15-9-10-17-11-13-18(14-12-17)23-16(4)19-5;1-4-20-23(21-5-2,22-6-3)13-7-8-15-9-10-16-17(14-15)19-12-11-18-16;1-5-20-23(21-6-2,22-7-3)14-8-9-16-10-12-17(13-11-16)19-15-18-4;1-5-18-17-13-11-16(12-14-17)10-9-15-22(19-6-2,20-7-3)21-8-4/h12-15H,7-11,16H2,1-6H3;11-14,16H,6-10,15H2,1-5H3;9-10,14H,4-8,11-13H2,1-3H3;10-13H,5-9,14-15H2,1-4H3;11-14H,5-10,15H2,1-4H3. The fourth-order valence-electron chi connectivity index (χ4n) is 12.6. The van der Waals surface area contributed by atoms with Crippen LogP contribution in [0.1, 0.15) is 198 Å². The number of hydrogen-bond donors (Lipinski definition) is 0. The Balaban J connectivity index is 0.000000492. The van der Waals surface area contributed by atoms with Gasteiger partial charge in [-0.1, -0.05) is 54.6 Å². The van der Waals surface area contributed by atoms with Crippen molar-refractivity contribution in [3.63, 3.8) is 0 Å². The van der Waals surface area contributed by atoms with Crippen molar-refractivity contribution in [1.29, 1.82) is 0 Å². The predicted molar refractivity (Wildman–Crippen MR) is 473 cm³/mol. The molecule has 0 aliphatic carbocycles. The number of ether oxygens (including phenoxy) is 8. The normalized spacial score (nSPS) is 12.6. The first-order chi connectivity index (χ1) is 56.0. The van der Waals surface area contributed by atoms with Gasteiger partial charge >= 0.3 is 44.0 Å². The largest absolute Gasteiger partial charge is 0.500 e. The highest BCUT2D eigenvalue weighted by atomic mass is 28.4. The van der Waals surface area contributed by atoms with E-state index in [0.29, 0.717) is 119 Å². The van der Waals surface area contributed by atoms with Crippen molar-refractivity contribution in [2.75, 3.05) is 140 Å². The van der Waals surface area contributed by atoms with Crippen molar-refractivity contribution in [1.82, 2.24) is 0 Å². The molecule has 0 radical (unpaired) electrons. The van der Waals surface area contributed by atoms with Crippen molar-refractivity contribution < 1.29 is 104 Å². The van der Waals surface area contributed by atoms with E-state index in [9.17, 15) is 0 Å². The summed E-state index contributed by atoms with van der Waals surface area (Å²) >= 11 is 0. The van der Waals surface area contributed by atoms with Crippen LogP contribution in [-0.4, -0.2) is 196 Å². The van der Waals surface area contributed by atoms with Crippen LogP contribution in [0.3, 0.4) is 0 Å². The lowest BCUT2D eigenvalue weighted by Gasteiger charge is -2.28. The molecule has 664 valence electrons. The summed E-state index contributed by atoms with van der Waals surface area (Å²) in [6.07, 6.45) is 9.51. The highest BCUT2D eigenvalue weighted by molar-refractivity contribution is 6.62. The first-order valence-electron chi connectivity index (χ1n) is 43.0. The highest BCUT2D eigenvalue weighted by Gasteiger charge is 2.43. The molecule has 0 amide bonds. The van der Waals surface area contributed by atoms with E-state index in [2.05, 4.69) is 81.4 Å². The molecule has 1 unspecified atom stereocenters. The second-order valence-electron chi connectivity index (χ2n) is 27.4. The van der Waals surface area contributed by atoms with Gasteiger partial charge in [0.25, 0.3) is 0 Å². The lowest BCUT2D eigenvalue weighted by Crippen LogP contribution is -2.46. The summed E-state index contributed by atoms with van der Waals surface area (Å²) in [5.74, 6) is 5.14. The minimum absolute atomic E-state index is 0.167.